The molecule has 3 N–H and O–H groups in total. The van der Waals surface area contributed by atoms with E-state index < -0.39 is 6.03 Å². The average Bonchev–Trinajstić information content (AvgIpc) is 3.39. The smallest absolute Gasteiger partial charge is 0.324 e. The number of urea groups is 1. The van der Waals surface area contributed by atoms with Crippen LogP contribution in [0.15, 0.2) is 90.0 Å². The van der Waals surface area contributed by atoms with E-state index in [0.29, 0.717) is 34.2 Å². The molecule has 0 saturated heterocycles. The van der Waals surface area contributed by atoms with Gasteiger partial charge in [0.1, 0.15) is 17.1 Å². The van der Waals surface area contributed by atoms with E-state index >= 15 is 0 Å². The predicted molar refractivity (Wildman–Crippen MR) is 164 cm³/mol. The number of aryl methyl sites for hydroxylation is 2. The second-order valence-corrected chi connectivity index (χ2v) is 9.96. The molecule has 0 saturated carbocycles. The lowest BCUT2D eigenvalue weighted by Gasteiger charge is -2.14. The van der Waals surface area contributed by atoms with Gasteiger partial charge in [0.25, 0.3) is 5.56 Å². The maximum Gasteiger partial charge on any atom is 0.324 e. The molecule has 0 unspecified atom stereocenters. The Balaban J connectivity index is 1.28. The molecule has 6 rings (SSSR count). The highest BCUT2D eigenvalue weighted by Gasteiger charge is 2.16. The van der Waals surface area contributed by atoms with E-state index in [0.717, 1.165) is 47.0 Å². The molecule has 3 aromatic carbocycles. The maximum absolute atomic E-state index is 13.3. The molecular formula is C32H29N7O3. The molecule has 210 valence electrons. The first-order valence-electron chi connectivity index (χ1n) is 13.8. The van der Waals surface area contributed by atoms with Gasteiger partial charge in [0.05, 0.1) is 23.3 Å². The SMILES string of the molecule is CCCCc1cc(NC(=O)Nc2ccc(Oc3ccnc4[nH]c(=O)cnc34)c3ccccc23)n(-c2ccc(C)cc2)n1. The molecule has 0 atom stereocenters. The third kappa shape index (κ3) is 5.55. The molecule has 0 bridgehead atoms. The Morgan fingerprint density at radius 2 is 1.76 bits per heavy atom. The van der Waals surface area contributed by atoms with Crippen molar-refractivity contribution in [1.29, 1.82) is 0 Å². The molecule has 2 amide bonds. The van der Waals surface area contributed by atoms with Crippen LogP contribution in [0.2, 0.25) is 0 Å². The van der Waals surface area contributed by atoms with Gasteiger partial charge in [-0.2, -0.15) is 5.10 Å². The summed E-state index contributed by atoms with van der Waals surface area (Å²) >= 11 is 0. The molecule has 0 fully saturated rings. The van der Waals surface area contributed by atoms with Gasteiger partial charge >= 0.3 is 6.03 Å². The Labute approximate surface area is 241 Å². The van der Waals surface area contributed by atoms with Gasteiger partial charge < -0.3 is 15.0 Å². The molecule has 10 nitrogen and oxygen atoms in total. The largest absolute Gasteiger partial charge is 0.454 e. The molecular weight excluding hydrogens is 530 g/mol. The van der Waals surface area contributed by atoms with Gasteiger partial charge in [-0.05, 0) is 44.0 Å². The molecule has 3 heterocycles. The van der Waals surface area contributed by atoms with Crippen LogP contribution in [0.25, 0.3) is 27.6 Å². The van der Waals surface area contributed by atoms with Gasteiger partial charge in [-0.1, -0.05) is 55.3 Å². The van der Waals surface area contributed by atoms with E-state index in [4.69, 9.17) is 9.84 Å². The van der Waals surface area contributed by atoms with Crippen molar-refractivity contribution >= 4 is 39.5 Å². The zero-order valence-electron chi connectivity index (χ0n) is 23.2. The standard InChI is InChI=1S/C32H29N7O3/c1-3-4-7-21-18-28(39(38-21)22-12-10-20(2)11-13-22)36-32(41)35-25-14-15-26(24-9-6-5-8-23(24)25)42-27-16-17-33-31-30(27)34-19-29(40)37-31/h5-6,8-19H,3-4,7H2,1-2H3,(H,33,37,40)(H2,35,36,41). The molecule has 42 heavy (non-hydrogen) atoms. The fourth-order valence-electron chi connectivity index (χ4n) is 4.75. The Bertz CT molecular complexity index is 1960. The predicted octanol–water partition coefficient (Wildman–Crippen LogP) is 6.74. The normalized spacial score (nSPS) is 11.1. The second kappa shape index (κ2) is 11.5. The number of amides is 2. The van der Waals surface area contributed by atoms with Crippen molar-refractivity contribution in [3.8, 4) is 17.2 Å². The minimum Gasteiger partial charge on any atom is -0.454 e. The zero-order chi connectivity index (χ0) is 29.1. The number of unbranched alkanes of at least 4 members (excludes halogenated alkanes) is 1. The minimum atomic E-state index is -0.391. The van der Waals surface area contributed by atoms with Crippen molar-refractivity contribution in [2.75, 3.05) is 10.6 Å². The van der Waals surface area contributed by atoms with Gasteiger partial charge in [0, 0.05) is 29.1 Å². The summed E-state index contributed by atoms with van der Waals surface area (Å²) in [5, 5.41) is 12.3. The fourth-order valence-corrected chi connectivity index (χ4v) is 4.75. The monoisotopic (exact) mass is 559 g/mol. The molecule has 0 aliphatic heterocycles. The second-order valence-electron chi connectivity index (χ2n) is 9.96. The van der Waals surface area contributed by atoms with E-state index in [1.54, 1.807) is 29.1 Å². The minimum absolute atomic E-state index is 0.335. The number of benzene rings is 3. The third-order valence-corrected chi connectivity index (χ3v) is 6.86. The average molecular weight is 560 g/mol. The summed E-state index contributed by atoms with van der Waals surface area (Å²) in [7, 11) is 0. The van der Waals surface area contributed by atoms with Crippen molar-refractivity contribution in [2.45, 2.75) is 33.1 Å². The van der Waals surface area contributed by atoms with Crippen LogP contribution in [-0.2, 0) is 6.42 Å². The van der Waals surface area contributed by atoms with Gasteiger partial charge in [0.2, 0.25) is 0 Å². The third-order valence-electron chi connectivity index (χ3n) is 6.86. The van der Waals surface area contributed by atoms with E-state index in [9.17, 15) is 9.59 Å². The number of aromatic amines is 1. The van der Waals surface area contributed by atoms with Crippen LogP contribution in [0.4, 0.5) is 16.3 Å². The highest BCUT2D eigenvalue weighted by Crippen LogP contribution is 2.35. The van der Waals surface area contributed by atoms with Gasteiger partial charge in [-0.15, -0.1) is 0 Å². The first kappa shape index (κ1) is 26.7. The summed E-state index contributed by atoms with van der Waals surface area (Å²) < 4.78 is 8.01. The van der Waals surface area contributed by atoms with Crippen LogP contribution < -0.4 is 20.9 Å². The summed E-state index contributed by atoms with van der Waals surface area (Å²) in [5.41, 5.74) is 3.98. The Morgan fingerprint density at radius 1 is 0.952 bits per heavy atom. The number of ether oxygens (including phenoxy) is 1. The summed E-state index contributed by atoms with van der Waals surface area (Å²) in [6.07, 6.45) is 5.64. The number of carbonyl (C=O) groups excluding carboxylic acids is 1. The zero-order valence-corrected chi connectivity index (χ0v) is 23.2. The molecule has 0 spiro atoms. The number of hydrogen-bond acceptors (Lipinski definition) is 6. The summed E-state index contributed by atoms with van der Waals surface area (Å²) in [4.78, 5) is 36.0. The van der Waals surface area contributed by atoms with Crippen molar-refractivity contribution < 1.29 is 9.53 Å². The first-order chi connectivity index (χ1) is 20.5. The number of rotatable bonds is 8. The lowest BCUT2D eigenvalue weighted by Crippen LogP contribution is -2.21. The summed E-state index contributed by atoms with van der Waals surface area (Å²) in [6, 6.07) is 22.4. The topological polar surface area (TPSA) is 127 Å². The highest BCUT2D eigenvalue weighted by molar-refractivity contribution is 6.07. The number of nitrogens with one attached hydrogen (secondary N) is 3. The highest BCUT2D eigenvalue weighted by atomic mass is 16.5. The quantitative estimate of drug-likeness (QED) is 0.189. The number of nitrogens with zero attached hydrogens (tertiary/aromatic N) is 4. The fraction of sp³-hybridized carbons (Fsp3) is 0.156. The van der Waals surface area contributed by atoms with Crippen molar-refractivity contribution in [3.63, 3.8) is 0 Å². The molecule has 0 aliphatic carbocycles. The molecule has 3 aromatic heterocycles. The maximum atomic E-state index is 13.3. The summed E-state index contributed by atoms with van der Waals surface area (Å²) in [5.74, 6) is 1.60. The number of aromatic nitrogens is 5. The van der Waals surface area contributed by atoms with E-state index in [2.05, 4.69) is 32.5 Å². The number of carbonyl (C=O) groups is 1. The molecule has 6 aromatic rings. The van der Waals surface area contributed by atoms with Gasteiger partial charge in [-0.25, -0.2) is 19.4 Å². The van der Waals surface area contributed by atoms with Crippen LogP contribution in [0, 0.1) is 6.92 Å². The lowest BCUT2D eigenvalue weighted by atomic mass is 10.1. The van der Waals surface area contributed by atoms with Crippen LogP contribution in [0.1, 0.15) is 31.0 Å². The Morgan fingerprint density at radius 3 is 2.57 bits per heavy atom. The molecule has 0 radical (unpaired) electrons. The molecule has 0 aliphatic rings. The number of pyridine rings is 1. The van der Waals surface area contributed by atoms with Gasteiger partial charge in [-0.3, -0.25) is 10.1 Å². The number of H-pyrrole nitrogens is 1. The van der Waals surface area contributed by atoms with Crippen molar-refractivity contribution in [3.05, 3.63) is 107 Å². The number of hydrogen-bond donors (Lipinski definition) is 3. The Hall–Kier alpha value is -5.51. The first-order valence-corrected chi connectivity index (χ1v) is 13.8. The number of anilines is 2. The van der Waals surface area contributed by atoms with Crippen molar-refractivity contribution in [1.82, 2.24) is 24.7 Å². The van der Waals surface area contributed by atoms with Crippen LogP contribution in [-0.4, -0.2) is 30.8 Å². The van der Waals surface area contributed by atoms with Gasteiger partial charge in [0.15, 0.2) is 11.4 Å². The summed E-state index contributed by atoms with van der Waals surface area (Å²) in [6.45, 7) is 4.17. The van der Waals surface area contributed by atoms with Crippen LogP contribution in [0.5, 0.6) is 11.5 Å². The van der Waals surface area contributed by atoms with E-state index in [1.807, 2.05) is 61.5 Å². The van der Waals surface area contributed by atoms with Crippen LogP contribution in [0.3, 0.4) is 0 Å². The van der Waals surface area contributed by atoms with E-state index in [-0.39, 0.29) is 5.56 Å². The Kier molecular flexibility index (Phi) is 7.33. The molecule has 10 heteroatoms. The van der Waals surface area contributed by atoms with E-state index in [1.165, 1.54) is 6.20 Å². The van der Waals surface area contributed by atoms with Crippen molar-refractivity contribution in [2.24, 2.45) is 0 Å². The lowest BCUT2D eigenvalue weighted by molar-refractivity contribution is 0.262. The van der Waals surface area contributed by atoms with Crippen LogP contribution >= 0.6 is 0 Å². The number of fused-ring (bicyclic) bond motifs is 2.